The Balaban J connectivity index is 1.90. The van der Waals surface area contributed by atoms with Gasteiger partial charge >= 0.3 is 5.69 Å². The molecule has 6 nitrogen and oxygen atoms in total. The van der Waals surface area contributed by atoms with Crippen LogP contribution < -0.4 is 11.2 Å². The minimum Gasteiger partial charge on any atom is -0.494 e. The summed E-state index contributed by atoms with van der Waals surface area (Å²) in [5, 5.41) is 10.9. The lowest BCUT2D eigenvalue weighted by atomic mass is 10.1. The zero-order valence-electron chi connectivity index (χ0n) is 13.7. The van der Waals surface area contributed by atoms with Gasteiger partial charge in [0.25, 0.3) is 5.56 Å². The van der Waals surface area contributed by atoms with Crippen molar-refractivity contribution in [3.8, 4) is 5.88 Å². The molecule has 132 valence electrons. The number of rotatable bonds is 5. The number of benzene rings is 2. The van der Waals surface area contributed by atoms with Gasteiger partial charge in [0, 0.05) is 17.8 Å². The number of aromatic nitrogens is 2. The molecule has 0 aliphatic carbocycles. The number of aromatic amines is 1. The fourth-order valence-electron chi connectivity index (χ4n) is 2.45. The van der Waals surface area contributed by atoms with Crippen molar-refractivity contribution in [1.29, 1.82) is 0 Å². The van der Waals surface area contributed by atoms with E-state index in [1.807, 2.05) is 30.3 Å². The van der Waals surface area contributed by atoms with Gasteiger partial charge in [-0.15, -0.1) is 0 Å². The highest BCUT2D eigenvalue weighted by molar-refractivity contribution is 6.30. The first-order chi connectivity index (χ1) is 12.5. The normalized spacial score (nSPS) is 11.1. The summed E-state index contributed by atoms with van der Waals surface area (Å²) in [5.74, 6) is -0.410. The third-order valence-corrected chi connectivity index (χ3v) is 4.10. The van der Waals surface area contributed by atoms with E-state index in [4.69, 9.17) is 11.6 Å². The van der Waals surface area contributed by atoms with Crippen LogP contribution in [0.3, 0.4) is 0 Å². The average Bonchev–Trinajstić information content (AvgIpc) is 2.63. The van der Waals surface area contributed by atoms with E-state index in [9.17, 15) is 14.7 Å². The SMILES string of the molecule is O=c1[nH]c(=O)n(CCc2ccccc2)c(O)c1C=Nc1ccc(Cl)cc1. The fraction of sp³-hybridized carbons (Fsp3) is 0.105. The summed E-state index contributed by atoms with van der Waals surface area (Å²) in [6, 6.07) is 16.2. The predicted molar refractivity (Wildman–Crippen MR) is 102 cm³/mol. The first-order valence-corrected chi connectivity index (χ1v) is 8.32. The molecule has 0 aliphatic rings. The summed E-state index contributed by atoms with van der Waals surface area (Å²) in [6.45, 7) is 0.229. The molecule has 0 spiro atoms. The number of hydrogen-bond acceptors (Lipinski definition) is 4. The first kappa shape index (κ1) is 17.7. The second-order valence-corrected chi connectivity index (χ2v) is 6.05. The van der Waals surface area contributed by atoms with Gasteiger partial charge in [0.1, 0.15) is 5.56 Å². The summed E-state index contributed by atoms with van der Waals surface area (Å²) in [4.78, 5) is 30.4. The van der Waals surface area contributed by atoms with Crippen LogP contribution in [0.4, 0.5) is 5.69 Å². The van der Waals surface area contributed by atoms with Gasteiger partial charge in [0.05, 0.1) is 5.69 Å². The zero-order chi connectivity index (χ0) is 18.5. The van der Waals surface area contributed by atoms with Crippen LogP contribution in [0.1, 0.15) is 11.1 Å². The minimum atomic E-state index is -0.693. The summed E-state index contributed by atoms with van der Waals surface area (Å²) in [7, 11) is 0. The molecule has 2 N–H and O–H groups in total. The Morgan fingerprint density at radius 2 is 1.77 bits per heavy atom. The predicted octanol–water partition coefficient (Wildman–Crippen LogP) is 2.89. The van der Waals surface area contributed by atoms with Gasteiger partial charge in [-0.3, -0.25) is 19.3 Å². The van der Waals surface area contributed by atoms with Crippen molar-refractivity contribution in [2.45, 2.75) is 13.0 Å². The number of halogens is 1. The lowest BCUT2D eigenvalue weighted by Gasteiger charge is -2.09. The molecule has 7 heteroatoms. The third kappa shape index (κ3) is 4.10. The van der Waals surface area contributed by atoms with Gasteiger partial charge in [0.15, 0.2) is 0 Å². The van der Waals surface area contributed by atoms with Crippen molar-refractivity contribution in [2.24, 2.45) is 4.99 Å². The smallest absolute Gasteiger partial charge is 0.331 e. The van der Waals surface area contributed by atoms with Crippen LogP contribution in [0.2, 0.25) is 5.02 Å². The van der Waals surface area contributed by atoms with Crippen LogP contribution in [0.5, 0.6) is 5.88 Å². The van der Waals surface area contributed by atoms with Crippen molar-refractivity contribution in [3.63, 3.8) is 0 Å². The number of aliphatic imine (C=N–C) groups is 1. The molecule has 26 heavy (non-hydrogen) atoms. The molecule has 3 rings (SSSR count). The van der Waals surface area contributed by atoms with Crippen LogP contribution in [0.15, 0.2) is 69.2 Å². The molecule has 0 bridgehead atoms. The van der Waals surface area contributed by atoms with Crippen LogP contribution in [-0.2, 0) is 13.0 Å². The van der Waals surface area contributed by atoms with E-state index >= 15 is 0 Å². The molecule has 0 fully saturated rings. The quantitative estimate of drug-likeness (QED) is 0.678. The van der Waals surface area contributed by atoms with E-state index in [1.165, 1.54) is 6.21 Å². The van der Waals surface area contributed by atoms with Crippen LogP contribution in [-0.4, -0.2) is 20.9 Å². The van der Waals surface area contributed by atoms with Crippen LogP contribution in [0.25, 0.3) is 0 Å². The Kier molecular flexibility index (Phi) is 5.34. The van der Waals surface area contributed by atoms with Crippen molar-refractivity contribution < 1.29 is 5.11 Å². The highest BCUT2D eigenvalue weighted by Crippen LogP contribution is 2.17. The molecule has 1 aromatic heterocycles. The molecule has 2 aromatic carbocycles. The summed E-state index contributed by atoms with van der Waals surface area (Å²) in [6.07, 6.45) is 1.77. The Hall–Kier alpha value is -3.12. The lowest BCUT2D eigenvalue weighted by Crippen LogP contribution is -2.32. The molecule has 0 saturated heterocycles. The second kappa shape index (κ2) is 7.84. The molecule has 0 amide bonds. The lowest BCUT2D eigenvalue weighted by molar-refractivity contribution is 0.399. The minimum absolute atomic E-state index is 0.0763. The maximum absolute atomic E-state index is 12.0. The summed E-state index contributed by atoms with van der Waals surface area (Å²) >= 11 is 5.82. The monoisotopic (exact) mass is 369 g/mol. The number of hydrogen-bond donors (Lipinski definition) is 2. The summed E-state index contributed by atoms with van der Waals surface area (Å²) in [5.41, 5.74) is 0.150. The Bertz CT molecular complexity index is 1040. The Labute approximate surface area is 154 Å². The maximum atomic E-state index is 12.0. The largest absolute Gasteiger partial charge is 0.494 e. The third-order valence-electron chi connectivity index (χ3n) is 3.84. The van der Waals surface area contributed by atoms with Gasteiger partial charge in [-0.1, -0.05) is 41.9 Å². The van der Waals surface area contributed by atoms with E-state index in [0.717, 1.165) is 10.1 Å². The van der Waals surface area contributed by atoms with E-state index in [-0.39, 0.29) is 12.1 Å². The van der Waals surface area contributed by atoms with Gasteiger partial charge in [-0.05, 0) is 36.2 Å². The molecule has 0 saturated carbocycles. The molecule has 1 heterocycles. The standard InChI is InChI=1S/C19H16ClN3O3/c20-14-6-8-15(9-7-14)21-12-16-17(24)22-19(26)23(18(16)25)11-10-13-4-2-1-3-5-13/h1-9,12,25H,10-11H2,(H,22,24,26). The highest BCUT2D eigenvalue weighted by atomic mass is 35.5. The number of aryl methyl sites for hydroxylation is 1. The van der Waals surface area contributed by atoms with Crippen molar-refractivity contribution in [3.05, 3.63) is 91.6 Å². The first-order valence-electron chi connectivity index (χ1n) is 7.94. The number of H-pyrrole nitrogens is 1. The zero-order valence-corrected chi connectivity index (χ0v) is 14.5. The van der Waals surface area contributed by atoms with Crippen LogP contribution in [0, 0.1) is 0 Å². The van der Waals surface area contributed by atoms with Crippen LogP contribution >= 0.6 is 11.6 Å². The molecule has 0 unspecified atom stereocenters. The maximum Gasteiger partial charge on any atom is 0.331 e. The Morgan fingerprint density at radius 3 is 2.46 bits per heavy atom. The molecule has 3 aromatic rings. The average molecular weight is 370 g/mol. The number of nitrogens with zero attached hydrogens (tertiary/aromatic N) is 2. The van der Waals surface area contributed by atoms with Crippen molar-refractivity contribution >= 4 is 23.5 Å². The van der Waals surface area contributed by atoms with E-state index in [1.54, 1.807) is 24.3 Å². The van der Waals surface area contributed by atoms with Gasteiger partial charge in [-0.2, -0.15) is 0 Å². The van der Waals surface area contributed by atoms with Gasteiger partial charge < -0.3 is 5.11 Å². The molecule has 0 atom stereocenters. The van der Waals surface area contributed by atoms with E-state index in [0.29, 0.717) is 17.1 Å². The number of aromatic hydroxyl groups is 1. The van der Waals surface area contributed by atoms with E-state index in [2.05, 4.69) is 9.98 Å². The Morgan fingerprint density at radius 1 is 1.08 bits per heavy atom. The molecular formula is C19H16ClN3O3. The fourth-order valence-corrected chi connectivity index (χ4v) is 2.58. The highest BCUT2D eigenvalue weighted by Gasteiger charge is 2.12. The van der Waals surface area contributed by atoms with Crippen molar-refractivity contribution in [1.82, 2.24) is 9.55 Å². The van der Waals surface area contributed by atoms with Gasteiger partial charge in [0.2, 0.25) is 5.88 Å². The summed E-state index contributed by atoms with van der Waals surface area (Å²) < 4.78 is 1.12. The molecular weight excluding hydrogens is 354 g/mol. The van der Waals surface area contributed by atoms with E-state index < -0.39 is 17.1 Å². The topological polar surface area (TPSA) is 87.5 Å². The van der Waals surface area contributed by atoms with Gasteiger partial charge in [-0.25, -0.2) is 4.79 Å². The van der Waals surface area contributed by atoms with Crippen molar-refractivity contribution in [2.75, 3.05) is 0 Å². The molecule has 0 radical (unpaired) electrons. The number of nitrogens with one attached hydrogen (secondary N) is 1. The molecule has 0 aliphatic heterocycles. The second-order valence-electron chi connectivity index (χ2n) is 5.62.